The lowest BCUT2D eigenvalue weighted by atomic mass is 9.95. The number of ether oxygens (including phenoxy) is 1. The van der Waals surface area contributed by atoms with Crippen molar-refractivity contribution in [3.05, 3.63) is 66.2 Å². The summed E-state index contributed by atoms with van der Waals surface area (Å²) in [5.41, 5.74) is 1.59. The van der Waals surface area contributed by atoms with Crippen LogP contribution in [0.5, 0.6) is 0 Å². The molecule has 2 amide bonds. The van der Waals surface area contributed by atoms with Crippen LogP contribution in [-0.4, -0.2) is 61.1 Å². The summed E-state index contributed by atoms with van der Waals surface area (Å²) in [5, 5.41) is 0. The van der Waals surface area contributed by atoms with Crippen LogP contribution in [-0.2, 0) is 16.1 Å². The Kier molecular flexibility index (Phi) is 8.36. The van der Waals surface area contributed by atoms with E-state index in [9.17, 15) is 9.59 Å². The summed E-state index contributed by atoms with van der Waals surface area (Å²) in [4.78, 5) is 32.0. The number of hydrogen-bond acceptors (Lipinski definition) is 4. The van der Waals surface area contributed by atoms with Gasteiger partial charge in [0, 0.05) is 25.3 Å². The Morgan fingerprint density at radius 3 is 2.15 bits per heavy atom. The van der Waals surface area contributed by atoms with Gasteiger partial charge in [0.1, 0.15) is 13.2 Å². The molecule has 33 heavy (non-hydrogen) atoms. The van der Waals surface area contributed by atoms with Crippen LogP contribution in [0, 0.1) is 5.92 Å². The molecule has 176 valence electrons. The molecule has 2 aliphatic heterocycles. The number of hydrogen-bond donors (Lipinski definition) is 0. The molecule has 0 aliphatic carbocycles. The van der Waals surface area contributed by atoms with Crippen molar-refractivity contribution in [1.29, 1.82) is 0 Å². The Morgan fingerprint density at radius 1 is 0.848 bits per heavy atom. The monoisotopic (exact) mass is 449 g/mol. The van der Waals surface area contributed by atoms with Crippen molar-refractivity contribution in [3.8, 4) is 0 Å². The lowest BCUT2D eigenvalue weighted by molar-refractivity contribution is -0.131. The Balaban J connectivity index is 1.32. The molecule has 0 N–H and O–H groups in total. The minimum absolute atomic E-state index is 0.00553. The summed E-state index contributed by atoms with van der Waals surface area (Å²) in [7, 11) is 0. The number of amides is 2. The third-order valence-corrected chi connectivity index (χ3v) is 6.72. The molecule has 2 aromatic carbocycles. The van der Waals surface area contributed by atoms with Gasteiger partial charge in [0.2, 0.25) is 5.91 Å². The summed E-state index contributed by atoms with van der Waals surface area (Å²) < 4.78 is 5.55. The van der Waals surface area contributed by atoms with Crippen LogP contribution in [0.3, 0.4) is 0 Å². The lowest BCUT2D eigenvalue weighted by Gasteiger charge is -2.36. The number of benzene rings is 2. The van der Waals surface area contributed by atoms with Crippen molar-refractivity contribution in [3.63, 3.8) is 0 Å². The fraction of sp³-hybridized carbons (Fsp3) is 0.481. The molecule has 6 nitrogen and oxygen atoms in total. The van der Waals surface area contributed by atoms with Gasteiger partial charge in [-0.25, -0.2) is 4.79 Å². The standard InChI is InChI=1S/C27H35N3O3/c31-26(29-18-14-23(15-19-29)20-28-16-8-3-9-17-28)21-30(25-12-6-2-7-13-25)27(32)33-22-24-10-4-1-5-11-24/h1-2,4-7,10-13,23H,3,8-9,14-22H2. The summed E-state index contributed by atoms with van der Waals surface area (Å²) in [5.74, 6) is 0.639. The second-order valence-corrected chi connectivity index (χ2v) is 9.15. The van der Waals surface area contributed by atoms with E-state index in [0.29, 0.717) is 11.6 Å². The fourth-order valence-corrected chi connectivity index (χ4v) is 4.77. The molecule has 2 aromatic rings. The van der Waals surface area contributed by atoms with Gasteiger partial charge in [-0.05, 0) is 62.4 Å². The van der Waals surface area contributed by atoms with Crippen molar-refractivity contribution in [2.24, 2.45) is 5.92 Å². The molecule has 0 bridgehead atoms. The SMILES string of the molecule is O=C(CN(C(=O)OCc1ccccc1)c1ccccc1)N1CCC(CN2CCCCC2)CC1. The first kappa shape index (κ1) is 23.3. The van der Waals surface area contributed by atoms with Gasteiger partial charge in [0.15, 0.2) is 0 Å². The summed E-state index contributed by atoms with van der Waals surface area (Å²) in [6.45, 7) is 5.29. The smallest absolute Gasteiger partial charge is 0.415 e. The van der Waals surface area contributed by atoms with Gasteiger partial charge in [-0.2, -0.15) is 0 Å². The lowest BCUT2D eigenvalue weighted by Crippen LogP contribution is -2.47. The van der Waals surface area contributed by atoms with Crippen molar-refractivity contribution in [1.82, 2.24) is 9.80 Å². The second kappa shape index (κ2) is 11.8. The average Bonchev–Trinajstić information content (AvgIpc) is 2.88. The molecule has 0 radical (unpaired) electrons. The van der Waals surface area contributed by atoms with Crippen LogP contribution in [0.1, 0.15) is 37.7 Å². The van der Waals surface area contributed by atoms with Crippen molar-refractivity contribution >= 4 is 17.7 Å². The molecule has 4 rings (SSSR count). The highest BCUT2D eigenvalue weighted by Gasteiger charge is 2.28. The predicted octanol–water partition coefficient (Wildman–Crippen LogP) is 4.55. The minimum atomic E-state index is -0.501. The first-order valence-corrected chi connectivity index (χ1v) is 12.2. The van der Waals surface area contributed by atoms with E-state index in [1.54, 1.807) is 0 Å². The highest BCUT2D eigenvalue weighted by molar-refractivity contribution is 5.95. The van der Waals surface area contributed by atoms with E-state index in [1.165, 1.54) is 37.3 Å². The maximum atomic E-state index is 13.1. The average molecular weight is 450 g/mol. The zero-order valence-electron chi connectivity index (χ0n) is 19.4. The van der Waals surface area contributed by atoms with Crippen LogP contribution in [0.25, 0.3) is 0 Å². The van der Waals surface area contributed by atoms with E-state index in [2.05, 4.69) is 4.90 Å². The zero-order valence-corrected chi connectivity index (χ0v) is 19.4. The van der Waals surface area contributed by atoms with Crippen LogP contribution in [0.15, 0.2) is 60.7 Å². The van der Waals surface area contributed by atoms with Crippen molar-refractivity contribution in [2.75, 3.05) is 44.2 Å². The number of carbonyl (C=O) groups excluding carboxylic acids is 2. The highest BCUT2D eigenvalue weighted by atomic mass is 16.6. The molecule has 0 atom stereocenters. The van der Waals surface area contributed by atoms with Crippen molar-refractivity contribution < 1.29 is 14.3 Å². The first-order chi connectivity index (χ1) is 16.2. The molecule has 2 fully saturated rings. The molecule has 2 heterocycles. The Hall–Kier alpha value is -2.86. The number of rotatable bonds is 7. The van der Waals surface area contributed by atoms with Gasteiger partial charge in [0.05, 0.1) is 0 Å². The number of piperidine rings is 2. The van der Waals surface area contributed by atoms with Crippen LogP contribution < -0.4 is 4.90 Å². The first-order valence-electron chi connectivity index (χ1n) is 12.2. The third kappa shape index (κ3) is 6.81. The third-order valence-electron chi connectivity index (χ3n) is 6.72. The number of carbonyl (C=O) groups is 2. The Bertz CT molecular complexity index is 876. The topological polar surface area (TPSA) is 53.1 Å². The van der Waals surface area contributed by atoms with Gasteiger partial charge < -0.3 is 14.5 Å². The van der Waals surface area contributed by atoms with Gasteiger partial charge in [-0.1, -0.05) is 55.0 Å². The highest BCUT2D eigenvalue weighted by Crippen LogP contribution is 2.22. The Labute approximate surface area is 197 Å². The molecular formula is C27H35N3O3. The maximum absolute atomic E-state index is 13.1. The molecule has 0 saturated carbocycles. The van der Waals surface area contributed by atoms with Crippen LogP contribution >= 0.6 is 0 Å². The maximum Gasteiger partial charge on any atom is 0.415 e. The predicted molar refractivity (Wildman–Crippen MR) is 130 cm³/mol. The van der Waals surface area contributed by atoms with E-state index in [1.807, 2.05) is 65.6 Å². The van der Waals surface area contributed by atoms with Gasteiger partial charge in [0.25, 0.3) is 0 Å². The van der Waals surface area contributed by atoms with Gasteiger partial charge >= 0.3 is 6.09 Å². The Morgan fingerprint density at radius 2 is 1.48 bits per heavy atom. The number of para-hydroxylation sites is 1. The van der Waals surface area contributed by atoms with E-state index < -0.39 is 6.09 Å². The quantitative estimate of drug-likeness (QED) is 0.622. The van der Waals surface area contributed by atoms with Crippen LogP contribution in [0.4, 0.5) is 10.5 Å². The van der Waals surface area contributed by atoms with Crippen LogP contribution in [0.2, 0.25) is 0 Å². The minimum Gasteiger partial charge on any atom is -0.444 e. The summed E-state index contributed by atoms with van der Waals surface area (Å²) in [6.07, 6.45) is 5.55. The molecule has 0 unspecified atom stereocenters. The summed E-state index contributed by atoms with van der Waals surface area (Å²) >= 11 is 0. The normalized spacial score (nSPS) is 17.5. The summed E-state index contributed by atoms with van der Waals surface area (Å²) in [6, 6.07) is 18.9. The van der Waals surface area contributed by atoms with E-state index >= 15 is 0 Å². The van der Waals surface area contributed by atoms with E-state index in [0.717, 1.165) is 38.0 Å². The number of likely N-dealkylation sites (tertiary alicyclic amines) is 2. The number of anilines is 1. The molecule has 6 heteroatoms. The van der Waals surface area contributed by atoms with E-state index in [-0.39, 0.29) is 19.1 Å². The van der Waals surface area contributed by atoms with Gasteiger partial charge in [-0.3, -0.25) is 9.69 Å². The molecule has 2 saturated heterocycles. The molecule has 0 spiro atoms. The fourth-order valence-electron chi connectivity index (χ4n) is 4.77. The molecule has 2 aliphatic rings. The largest absolute Gasteiger partial charge is 0.444 e. The molecule has 0 aromatic heterocycles. The second-order valence-electron chi connectivity index (χ2n) is 9.15. The number of nitrogens with zero attached hydrogens (tertiary/aromatic N) is 3. The van der Waals surface area contributed by atoms with E-state index in [4.69, 9.17) is 4.74 Å². The van der Waals surface area contributed by atoms with Gasteiger partial charge in [-0.15, -0.1) is 0 Å². The molecular weight excluding hydrogens is 414 g/mol. The zero-order chi connectivity index (χ0) is 22.9. The van der Waals surface area contributed by atoms with Crippen molar-refractivity contribution in [2.45, 2.75) is 38.7 Å².